The second-order valence-electron chi connectivity index (χ2n) is 5.67. The van der Waals surface area contributed by atoms with Gasteiger partial charge in [0.25, 0.3) is 5.91 Å². The second kappa shape index (κ2) is 7.21. The Labute approximate surface area is 147 Å². The Kier molecular flexibility index (Phi) is 4.63. The Balaban J connectivity index is 1.42. The van der Waals surface area contributed by atoms with Gasteiger partial charge < -0.3 is 14.8 Å². The Morgan fingerprint density at radius 1 is 1.48 bits per heavy atom. The molecule has 0 saturated carbocycles. The molecule has 4 rings (SSSR count). The highest BCUT2D eigenvalue weighted by Crippen LogP contribution is 2.15. The molecule has 0 bridgehead atoms. The number of fused-ring (bicyclic) bond motifs is 1. The van der Waals surface area contributed by atoms with Gasteiger partial charge in [0.2, 0.25) is 0 Å². The molecule has 4 heterocycles. The van der Waals surface area contributed by atoms with E-state index in [2.05, 4.69) is 25.8 Å². The zero-order chi connectivity index (χ0) is 17.1. The van der Waals surface area contributed by atoms with Gasteiger partial charge in [-0.05, 0) is 29.0 Å². The van der Waals surface area contributed by atoms with Crippen LogP contribution in [0.25, 0.3) is 5.65 Å². The van der Waals surface area contributed by atoms with E-state index in [1.807, 2.05) is 5.38 Å². The summed E-state index contributed by atoms with van der Waals surface area (Å²) >= 11 is 1.53. The maximum absolute atomic E-state index is 12.5. The molecule has 2 atom stereocenters. The van der Waals surface area contributed by atoms with Gasteiger partial charge in [-0.15, -0.1) is 16.4 Å². The summed E-state index contributed by atoms with van der Waals surface area (Å²) in [6.45, 7) is 1.46. The van der Waals surface area contributed by atoms with Gasteiger partial charge in [-0.25, -0.2) is 4.98 Å². The van der Waals surface area contributed by atoms with Crippen LogP contribution in [0.1, 0.15) is 22.5 Å². The van der Waals surface area contributed by atoms with E-state index in [9.17, 15) is 4.79 Å². The van der Waals surface area contributed by atoms with Crippen LogP contribution in [-0.2, 0) is 16.1 Å². The number of tetrazole rings is 1. The number of thiazole rings is 1. The Morgan fingerprint density at radius 2 is 2.44 bits per heavy atom. The third kappa shape index (κ3) is 3.65. The minimum absolute atomic E-state index is 0.115. The molecule has 3 aromatic heterocycles. The average molecular weight is 360 g/mol. The zero-order valence-electron chi connectivity index (χ0n) is 13.2. The first kappa shape index (κ1) is 16.1. The number of amides is 1. The van der Waals surface area contributed by atoms with Crippen LogP contribution in [0.4, 0.5) is 0 Å². The number of ether oxygens (including phenoxy) is 2. The molecule has 0 spiro atoms. The summed E-state index contributed by atoms with van der Waals surface area (Å²) in [5.41, 5.74) is 3.73. The number of nitrogens with zero attached hydrogens (tertiary/aromatic N) is 5. The lowest BCUT2D eigenvalue weighted by Crippen LogP contribution is -2.50. The molecule has 130 valence electrons. The third-order valence-electron chi connectivity index (χ3n) is 3.99. The maximum Gasteiger partial charge on any atom is 0.253 e. The number of hydrogen-bond acceptors (Lipinski definition) is 8. The van der Waals surface area contributed by atoms with E-state index >= 15 is 0 Å². The first-order chi connectivity index (χ1) is 12.3. The van der Waals surface area contributed by atoms with Crippen LogP contribution in [0.5, 0.6) is 0 Å². The smallest absolute Gasteiger partial charge is 0.253 e. The van der Waals surface area contributed by atoms with Crippen molar-refractivity contribution in [1.82, 2.24) is 30.3 Å². The molecule has 10 heteroatoms. The van der Waals surface area contributed by atoms with E-state index in [-0.39, 0.29) is 18.1 Å². The minimum atomic E-state index is -0.218. The van der Waals surface area contributed by atoms with Crippen molar-refractivity contribution >= 4 is 22.9 Å². The fraction of sp³-hybridized carbons (Fsp3) is 0.400. The van der Waals surface area contributed by atoms with Crippen molar-refractivity contribution < 1.29 is 14.3 Å². The van der Waals surface area contributed by atoms with Gasteiger partial charge in [-0.1, -0.05) is 0 Å². The molecule has 0 unspecified atom stereocenters. The fourth-order valence-corrected chi connectivity index (χ4v) is 3.22. The highest BCUT2D eigenvalue weighted by molar-refractivity contribution is 7.07. The number of carbonyl (C=O) groups is 1. The first-order valence-corrected chi connectivity index (χ1v) is 8.79. The number of hydrogen-bond donors (Lipinski definition) is 1. The second-order valence-corrected chi connectivity index (χ2v) is 6.39. The van der Waals surface area contributed by atoms with Gasteiger partial charge in [-0.3, -0.25) is 4.79 Å². The van der Waals surface area contributed by atoms with Crippen molar-refractivity contribution in [1.29, 1.82) is 0 Å². The van der Waals surface area contributed by atoms with Crippen molar-refractivity contribution in [2.24, 2.45) is 0 Å². The maximum atomic E-state index is 12.5. The average Bonchev–Trinajstić information content (AvgIpc) is 3.31. The molecule has 1 aliphatic heterocycles. The van der Waals surface area contributed by atoms with Crippen molar-refractivity contribution in [2.75, 3.05) is 13.2 Å². The van der Waals surface area contributed by atoms with Crippen LogP contribution in [0, 0.1) is 0 Å². The standard InChI is InChI=1S/C15H16N6O3S/c22-15(10-1-2-14-18-19-20-21(14)5-10)17-12-7-23-4-3-13(12)24-6-11-8-25-9-16-11/h1-2,5,8-9,12-13H,3-4,6-7H2,(H,17,22)/t12-,13+/m1/s1. The number of carbonyl (C=O) groups excluding carboxylic acids is 1. The van der Waals surface area contributed by atoms with Crippen LogP contribution >= 0.6 is 11.3 Å². The lowest BCUT2D eigenvalue weighted by Gasteiger charge is -2.32. The van der Waals surface area contributed by atoms with Crippen molar-refractivity contribution in [2.45, 2.75) is 25.2 Å². The molecule has 1 aliphatic rings. The Bertz CT molecular complexity index is 852. The van der Waals surface area contributed by atoms with Crippen LogP contribution < -0.4 is 5.32 Å². The first-order valence-electron chi connectivity index (χ1n) is 7.84. The summed E-state index contributed by atoms with van der Waals surface area (Å²) in [5, 5.41) is 16.1. The summed E-state index contributed by atoms with van der Waals surface area (Å²) in [4.78, 5) is 16.8. The number of nitrogens with one attached hydrogen (secondary N) is 1. The molecule has 3 aromatic rings. The number of pyridine rings is 1. The summed E-state index contributed by atoms with van der Waals surface area (Å²) in [6, 6.07) is 3.17. The van der Waals surface area contributed by atoms with E-state index in [4.69, 9.17) is 9.47 Å². The largest absolute Gasteiger partial charge is 0.379 e. The van der Waals surface area contributed by atoms with E-state index in [1.165, 1.54) is 15.9 Å². The molecule has 0 aliphatic carbocycles. The third-order valence-corrected chi connectivity index (χ3v) is 4.63. The molecule has 0 aromatic carbocycles. The highest BCUT2D eigenvalue weighted by Gasteiger charge is 2.28. The molecule has 1 fully saturated rings. The highest BCUT2D eigenvalue weighted by atomic mass is 32.1. The van der Waals surface area contributed by atoms with Gasteiger partial charge in [0.1, 0.15) is 0 Å². The monoisotopic (exact) mass is 360 g/mol. The SMILES string of the molecule is O=C(N[C@@H]1COCC[C@@H]1OCc1cscn1)c1ccc2nnnn2c1. The number of aromatic nitrogens is 5. The minimum Gasteiger partial charge on any atom is -0.379 e. The van der Waals surface area contributed by atoms with Crippen LogP contribution in [0.15, 0.2) is 29.2 Å². The molecule has 9 nitrogen and oxygen atoms in total. The summed E-state index contributed by atoms with van der Waals surface area (Å²) in [5.74, 6) is -0.213. The molecule has 1 N–H and O–H groups in total. The van der Waals surface area contributed by atoms with Gasteiger partial charge in [0.15, 0.2) is 5.65 Å². The van der Waals surface area contributed by atoms with E-state index in [0.29, 0.717) is 31.0 Å². The van der Waals surface area contributed by atoms with Crippen LogP contribution in [0.2, 0.25) is 0 Å². The fourth-order valence-electron chi connectivity index (χ4n) is 2.68. The lowest BCUT2D eigenvalue weighted by molar-refractivity contribution is -0.0611. The van der Waals surface area contributed by atoms with Crippen LogP contribution in [-0.4, -0.2) is 56.3 Å². The molecular formula is C15H16N6O3S. The van der Waals surface area contributed by atoms with Gasteiger partial charge in [-0.2, -0.15) is 4.52 Å². The topological polar surface area (TPSA) is 104 Å². The normalized spacial score (nSPS) is 20.6. The van der Waals surface area contributed by atoms with Gasteiger partial charge >= 0.3 is 0 Å². The predicted octanol–water partition coefficient (Wildman–Crippen LogP) is 0.685. The number of rotatable bonds is 5. The molecule has 1 saturated heterocycles. The predicted molar refractivity (Wildman–Crippen MR) is 88.2 cm³/mol. The van der Waals surface area contributed by atoms with Crippen molar-refractivity contribution in [3.8, 4) is 0 Å². The lowest BCUT2D eigenvalue weighted by atomic mass is 10.1. The molecular weight excluding hydrogens is 344 g/mol. The zero-order valence-corrected chi connectivity index (χ0v) is 14.1. The summed E-state index contributed by atoms with van der Waals surface area (Å²) < 4.78 is 12.9. The summed E-state index contributed by atoms with van der Waals surface area (Å²) in [7, 11) is 0. The Hall–Kier alpha value is -2.43. The Morgan fingerprint density at radius 3 is 3.32 bits per heavy atom. The van der Waals surface area contributed by atoms with Gasteiger partial charge in [0, 0.05) is 18.2 Å². The molecule has 1 amide bonds. The van der Waals surface area contributed by atoms with E-state index in [1.54, 1.807) is 23.8 Å². The molecule has 0 radical (unpaired) electrons. The van der Waals surface area contributed by atoms with E-state index in [0.717, 1.165) is 12.1 Å². The van der Waals surface area contributed by atoms with Crippen molar-refractivity contribution in [3.05, 3.63) is 40.5 Å². The molecule has 25 heavy (non-hydrogen) atoms. The van der Waals surface area contributed by atoms with Crippen LogP contribution in [0.3, 0.4) is 0 Å². The summed E-state index contributed by atoms with van der Waals surface area (Å²) in [6.07, 6.45) is 2.21. The van der Waals surface area contributed by atoms with E-state index < -0.39 is 0 Å². The van der Waals surface area contributed by atoms with Gasteiger partial charge in [0.05, 0.1) is 42.1 Å². The quantitative estimate of drug-likeness (QED) is 0.714. The van der Waals surface area contributed by atoms with Crippen molar-refractivity contribution in [3.63, 3.8) is 0 Å².